The van der Waals surface area contributed by atoms with Crippen molar-refractivity contribution < 1.29 is 14.6 Å². The van der Waals surface area contributed by atoms with E-state index in [0.29, 0.717) is 6.61 Å². The predicted molar refractivity (Wildman–Crippen MR) is 118 cm³/mol. The number of methoxy groups -OCH3 is 1. The Balaban J connectivity index is 2.68. The average Bonchev–Trinajstić information content (AvgIpc) is 2.64. The quantitative estimate of drug-likeness (QED) is 0.317. The number of rotatable bonds is 8. The Hall–Kier alpha value is -1.34. The fourth-order valence-electron chi connectivity index (χ4n) is 3.50. The molecule has 0 aliphatic heterocycles. The lowest BCUT2D eigenvalue weighted by atomic mass is 9.71. The first kappa shape index (κ1) is 24.7. The summed E-state index contributed by atoms with van der Waals surface area (Å²) in [5, 5.41) is 10.4. The molecule has 1 aliphatic carbocycles. The Bertz CT molecular complexity index is 664. The summed E-state index contributed by atoms with van der Waals surface area (Å²) in [6, 6.07) is 0. The molecule has 0 aromatic heterocycles. The molecule has 0 saturated carbocycles. The number of allylic oxidation sites excluding steroid dienone is 4. The van der Waals surface area contributed by atoms with Crippen molar-refractivity contribution in [1.82, 2.24) is 0 Å². The van der Waals surface area contributed by atoms with Crippen LogP contribution in [0.25, 0.3) is 0 Å². The van der Waals surface area contributed by atoms with E-state index < -0.39 is 11.9 Å². The van der Waals surface area contributed by atoms with Crippen molar-refractivity contribution in [3.05, 3.63) is 34.4 Å². The van der Waals surface area contributed by atoms with Gasteiger partial charge in [-0.05, 0) is 82.4 Å². The Labute approximate surface area is 172 Å². The topological polar surface area (TPSA) is 38.7 Å². The lowest BCUT2D eigenvalue weighted by molar-refractivity contribution is -0.204. The van der Waals surface area contributed by atoms with Crippen molar-refractivity contribution in [3.8, 4) is 11.8 Å². The van der Waals surface area contributed by atoms with Crippen LogP contribution < -0.4 is 0 Å². The van der Waals surface area contributed by atoms with E-state index in [9.17, 15) is 5.11 Å². The molecule has 1 N–H and O–H groups in total. The third kappa shape index (κ3) is 7.59. The monoisotopic (exact) mass is 388 g/mol. The minimum Gasteiger partial charge on any atom is -0.376 e. The molecule has 3 nitrogen and oxygen atoms in total. The average molecular weight is 389 g/mol. The molecule has 0 bridgehead atoms. The standard InChI is InChI=1S/C25H40O3/c1-9-25(7,27-8)28-18-16-19(2)12-15-23(26)21(4)13-14-22-20(3)11-10-17-24(22,5)6/h13,16,23,26H,9-11,14,17-18H2,1-8H3/b19-16+,21-13+. The molecule has 1 rings (SSSR count). The Morgan fingerprint density at radius 2 is 2.00 bits per heavy atom. The normalized spacial score (nSPS) is 21.0. The zero-order chi connectivity index (χ0) is 21.4. The highest BCUT2D eigenvalue weighted by atomic mass is 16.7. The summed E-state index contributed by atoms with van der Waals surface area (Å²) < 4.78 is 11.1. The van der Waals surface area contributed by atoms with E-state index in [0.717, 1.165) is 24.0 Å². The van der Waals surface area contributed by atoms with Crippen LogP contribution in [0.4, 0.5) is 0 Å². The number of hydrogen-bond donors (Lipinski definition) is 1. The fourth-order valence-corrected chi connectivity index (χ4v) is 3.50. The van der Waals surface area contributed by atoms with Crippen LogP contribution in [0.5, 0.6) is 0 Å². The van der Waals surface area contributed by atoms with Crippen LogP contribution >= 0.6 is 0 Å². The molecule has 2 unspecified atom stereocenters. The molecular formula is C25H40O3. The number of aliphatic hydroxyl groups excluding tert-OH is 1. The van der Waals surface area contributed by atoms with Crippen molar-refractivity contribution >= 4 is 0 Å². The van der Waals surface area contributed by atoms with Crippen LogP contribution in [0.15, 0.2) is 34.4 Å². The first-order chi connectivity index (χ1) is 13.0. The minimum atomic E-state index is -0.739. The molecule has 0 radical (unpaired) electrons. The summed E-state index contributed by atoms with van der Waals surface area (Å²) in [6.07, 6.45) is 8.70. The van der Waals surface area contributed by atoms with Gasteiger partial charge in [0.05, 0.1) is 6.61 Å². The largest absolute Gasteiger partial charge is 0.376 e. The third-order valence-corrected chi connectivity index (χ3v) is 6.00. The highest BCUT2D eigenvalue weighted by Gasteiger charge is 2.27. The van der Waals surface area contributed by atoms with Gasteiger partial charge in [0.25, 0.3) is 0 Å². The summed E-state index contributed by atoms with van der Waals surface area (Å²) in [7, 11) is 1.65. The SMILES string of the molecule is CCC(C)(OC)OC/C=C(\C)C#CC(O)/C(C)=C/CC1=C(C)CCCC1(C)C. The summed E-state index contributed by atoms with van der Waals surface area (Å²) in [5.41, 5.74) is 5.08. The zero-order valence-electron chi connectivity index (χ0n) is 19.2. The van der Waals surface area contributed by atoms with Gasteiger partial charge in [-0.2, -0.15) is 0 Å². The summed E-state index contributed by atoms with van der Waals surface area (Å²) in [5.74, 6) is 5.41. The zero-order valence-corrected chi connectivity index (χ0v) is 19.2. The maximum atomic E-state index is 10.4. The molecule has 0 spiro atoms. The summed E-state index contributed by atoms with van der Waals surface area (Å²) >= 11 is 0. The lowest BCUT2D eigenvalue weighted by Gasteiger charge is -2.34. The molecule has 2 atom stereocenters. The van der Waals surface area contributed by atoms with Crippen LogP contribution in [-0.4, -0.2) is 30.7 Å². The van der Waals surface area contributed by atoms with Gasteiger partial charge in [-0.1, -0.05) is 49.8 Å². The van der Waals surface area contributed by atoms with Crippen LogP contribution in [0.1, 0.15) is 80.6 Å². The van der Waals surface area contributed by atoms with Gasteiger partial charge in [-0.3, -0.25) is 0 Å². The molecule has 0 aromatic rings. The summed E-state index contributed by atoms with van der Waals surface area (Å²) in [6.45, 7) is 15.2. The number of hydrogen-bond acceptors (Lipinski definition) is 3. The second-order valence-corrected chi connectivity index (χ2v) is 8.71. The van der Waals surface area contributed by atoms with Crippen molar-refractivity contribution in [2.75, 3.05) is 13.7 Å². The van der Waals surface area contributed by atoms with Crippen LogP contribution in [0.2, 0.25) is 0 Å². The molecular weight excluding hydrogens is 348 g/mol. The molecule has 0 amide bonds. The van der Waals surface area contributed by atoms with Crippen LogP contribution in [0.3, 0.4) is 0 Å². The third-order valence-electron chi connectivity index (χ3n) is 6.00. The van der Waals surface area contributed by atoms with Crippen molar-refractivity contribution in [3.63, 3.8) is 0 Å². The van der Waals surface area contributed by atoms with Gasteiger partial charge in [0.2, 0.25) is 0 Å². The van der Waals surface area contributed by atoms with Crippen LogP contribution in [-0.2, 0) is 9.47 Å². The van der Waals surface area contributed by atoms with E-state index in [1.807, 2.05) is 33.8 Å². The van der Waals surface area contributed by atoms with E-state index in [2.05, 4.69) is 38.7 Å². The first-order valence-corrected chi connectivity index (χ1v) is 10.5. The van der Waals surface area contributed by atoms with Gasteiger partial charge in [0.15, 0.2) is 5.79 Å². The number of aliphatic hydroxyl groups is 1. The molecule has 0 heterocycles. The van der Waals surface area contributed by atoms with Gasteiger partial charge in [0.1, 0.15) is 6.10 Å². The van der Waals surface area contributed by atoms with E-state index in [-0.39, 0.29) is 5.41 Å². The van der Waals surface area contributed by atoms with Crippen molar-refractivity contribution in [2.45, 2.75) is 92.5 Å². The Morgan fingerprint density at radius 1 is 1.32 bits per heavy atom. The maximum Gasteiger partial charge on any atom is 0.165 e. The minimum absolute atomic E-state index is 0.254. The molecule has 1 aliphatic rings. The van der Waals surface area contributed by atoms with E-state index in [1.165, 1.54) is 30.4 Å². The number of ether oxygens (including phenoxy) is 2. The van der Waals surface area contributed by atoms with Gasteiger partial charge < -0.3 is 14.6 Å². The van der Waals surface area contributed by atoms with Crippen molar-refractivity contribution in [2.24, 2.45) is 5.41 Å². The summed E-state index contributed by atoms with van der Waals surface area (Å²) in [4.78, 5) is 0. The van der Waals surface area contributed by atoms with E-state index in [1.54, 1.807) is 7.11 Å². The molecule has 0 aromatic carbocycles. The predicted octanol–water partition coefficient (Wildman–Crippen LogP) is 5.95. The van der Waals surface area contributed by atoms with Gasteiger partial charge in [-0.15, -0.1) is 0 Å². The fraction of sp³-hybridized carbons (Fsp3) is 0.680. The van der Waals surface area contributed by atoms with Gasteiger partial charge in [0, 0.05) is 7.11 Å². The highest BCUT2D eigenvalue weighted by molar-refractivity contribution is 5.32. The van der Waals surface area contributed by atoms with Gasteiger partial charge >= 0.3 is 0 Å². The van der Waals surface area contributed by atoms with Gasteiger partial charge in [-0.25, -0.2) is 0 Å². The Morgan fingerprint density at radius 3 is 2.57 bits per heavy atom. The highest BCUT2D eigenvalue weighted by Crippen LogP contribution is 2.42. The first-order valence-electron chi connectivity index (χ1n) is 10.5. The van der Waals surface area contributed by atoms with Crippen molar-refractivity contribution in [1.29, 1.82) is 0 Å². The molecule has 158 valence electrons. The maximum absolute atomic E-state index is 10.4. The molecule has 0 fully saturated rings. The Kier molecular flexibility index (Phi) is 9.70. The molecule has 0 saturated heterocycles. The van der Waals surface area contributed by atoms with Crippen LogP contribution in [0, 0.1) is 17.3 Å². The second kappa shape index (κ2) is 11.0. The van der Waals surface area contributed by atoms with E-state index >= 15 is 0 Å². The molecule has 3 heteroatoms. The lowest BCUT2D eigenvalue weighted by Crippen LogP contribution is -2.30. The molecule has 28 heavy (non-hydrogen) atoms. The smallest absolute Gasteiger partial charge is 0.165 e. The second-order valence-electron chi connectivity index (χ2n) is 8.71. The van der Waals surface area contributed by atoms with E-state index in [4.69, 9.17) is 9.47 Å².